The van der Waals surface area contributed by atoms with E-state index in [1.165, 1.54) is 283 Å². The number of hydrogen-bond donors (Lipinski definition) is 4. The molecule has 0 fully saturated rings. The first-order valence-electron chi connectivity index (χ1n) is 34.3. The van der Waals surface area contributed by atoms with E-state index in [9.17, 15) is 14.7 Å². The van der Waals surface area contributed by atoms with Gasteiger partial charge in [-0.2, -0.15) is 0 Å². The van der Waals surface area contributed by atoms with Crippen LogP contribution in [-0.2, 0) is 9.59 Å². The van der Waals surface area contributed by atoms with Crippen molar-refractivity contribution in [3.63, 3.8) is 0 Å². The van der Waals surface area contributed by atoms with Crippen molar-refractivity contribution in [3.05, 3.63) is 0 Å². The molecule has 448 valence electrons. The molecule has 75 heavy (non-hydrogen) atoms. The zero-order valence-corrected chi connectivity index (χ0v) is 51.7. The Balaban J connectivity index is 4.91. The number of rotatable bonds is 65. The van der Waals surface area contributed by atoms with Gasteiger partial charge < -0.3 is 30.9 Å². The van der Waals surface area contributed by atoms with Gasteiger partial charge in [0.25, 0.3) is 0 Å². The number of amides is 2. The monoisotopic (exact) mass is 1060 g/mol. The van der Waals surface area contributed by atoms with Crippen molar-refractivity contribution in [2.75, 3.05) is 65.4 Å². The molecule has 0 aromatic carbocycles. The molecule has 0 aliphatic rings. The van der Waals surface area contributed by atoms with Crippen molar-refractivity contribution in [2.24, 2.45) is 0 Å². The van der Waals surface area contributed by atoms with Crippen LogP contribution < -0.4 is 16.0 Å². The first kappa shape index (κ1) is 73.8. The molecule has 1 unspecified atom stereocenters. The molecule has 1 atom stereocenters. The molecule has 0 aromatic rings. The zero-order chi connectivity index (χ0) is 54.4. The number of hydrogen-bond acceptors (Lipinski definition) is 6. The van der Waals surface area contributed by atoms with Gasteiger partial charge in [-0.25, -0.2) is 0 Å². The van der Waals surface area contributed by atoms with Crippen molar-refractivity contribution in [2.45, 2.75) is 355 Å². The van der Waals surface area contributed by atoms with Gasteiger partial charge in [-0.05, 0) is 64.7 Å². The van der Waals surface area contributed by atoms with E-state index in [1.807, 2.05) is 0 Å². The number of aliphatic hydroxyl groups excluding tert-OH is 1. The third kappa shape index (κ3) is 60.3. The summed E-state index contributed by atoms with van der Waals surface area (Å²) in [6.07, 6.45) is 64.5. The summed E-state index contributed by atoms with van der Waals surface area (Å²) >= 11 is 0. The number of nitrogens with one attached hydrogen (secondary N) is 3. The minimum Gasteiger partial charge on any atom is -0.390 e. The molecule has 0 spiro atoms. The van der Waals surface area contributed by atoms with Crippen LogP contribution in [0.3, 0.4) is 0 Å². The number of aliphatic hydroxyl groups is 1. The molecule has 0 aliphatic carbocycles. The van der Waals surface area contributed by atoms with Crippen LogP contribution in [0, 0.1) is 0 Å². The third-order valence-electron chi connectivity index (χ3n) is 16.1. The van der Waals surface area contributed by atoms with Gasteiger partial charge in [0.05, 0.1) is 6.10 Å². The predicted molar refractivity (Wildman–Crippen MR) is 331 cm³/mol. The summed E-state index contributed by atoms with van der Waals surface area (Å²) in [4.78, 5) is 30.7. The van der Waals surface area contributed by atoms with Crippen LogP contribution in [0.1, 0.15) is 349 Å². The van der Waals surface area contributed by atoms with Gasteiger partial charge in [-0.15, -0.1) is 0 Å². The maximum absolute atomic E-state index is 13.0. The van der Waals surface area contributed by atoms with Crippen molar-refractivity contribution in [1.82, 2.24) is 25.8 Å². The van der Waals surface area contributed by atoms with Gasteiger partial charge in [-0.1, -0.05) is 297 Å². The molecular formula is C67H137N5O3. The molecule has 0 radical (unpaired) electrons. The summed E-state index contributed by atoms with van der Waals surface area (Å²) in [7, 11) is 0. The number of unbranched alkanes of at least 4 members (excludes halogenated alkanes) is 43. The minimum absolute atomic E-state index is 0.117. The first-order valence-corrected chi connectivity index (χ1v) is 34.3. The summed E-state index contributed by atoms with van der Waals surface area (Å²) in [5.74, 6) is 0.337. The van der Waals surface area contributed by atoms with Crippen molar-refractivity contribution < 1.29 is 14.7 Å². The van der Waals surface area contributed by atoms with Gasteiger partial charge in [0.1, 0.15) is 0 Å². The Labute approximate surface area is 470 Å². The Kier molecular flexibility index (Phi) is 62.6. The Bertz CT molecular complexity index is 1110. The normalized spacial score (nSPS) is 12.1. The second-order valence-electron chi connectivity index (χ2n) is 23.8. The van der Waals surface area contributed by atoms with E-state index in [0.717, 1.165) is 71.5 Å². The molecule has 0 saturated carbocycles. The highest BCUT2D eigenvalue weighted by atomic mass is 16.3. The van der Waals surface area contributed by atoms with Gasteiger partial charge in [-0.3, -0.25) is 9.59 Å². The summed E-state index contributed by atoms with van der Waals surface area (Å²) in [5, 5.41) is 21.0. The Morgan fingerprint density at radius 3 is 0.880 bits per heavy atom. The Morgan fingerprint density at radius 1 is 0.307 bits per heavy atom. The number of nitrogens with zero attached hydrogens (tertiary/aromatic N) is 2. The van der Waals surface area contributed by atoms with Gasteiger partial charge in [0.2, 0.25) is 11.8 Å². The molecular weight excluding hydrogens is 923 g/mol. The molecule has 0 bridgehead atoms. The molecule has 0 aromatic heterocycles. The maximum Gasteiger partial charge on any atom is 0.221 e. The molecule has 0 heterocycles. The van der Waals surface area contributed by atoms with E-state index in [-0.39, 0.29) is 11.8 Å². The van der Waals surface area contributed by atoms with Crippen LogP contribution in [0.4, 0.5) is 0 Å². The number of carbonyl (C=O) groups excluding carboxylic acids is 2. The van der Waals surface area contributed by atoms with Crippen molar-refractivity contribution in [3.8, 4) is 0 Å². The van der Waals surface area contributed by atoms with E-state index in [4.69, 9.17) is 0 Å². The Hall–Kier alpha value is -1.22. The van der Waals surface area contributed by atoms with Crippen LogP contribution in [-0.4, -0.2) is 98.3 Å². The SMILES string of the molecule is CCCCCCCCCCCCCCNC(=O)CCNCC(O)CN(CCCCCCCCCCCCCC)CCCCN(CCCCCCCCCCCCCC)CCC(=O)NCCCCCCCCCCCC. The lowest BCUT2D eigenvalue weighted by atomic mass is 10.1. The number of carbonyl (C=O) groups is 2. The molecule has 0 rings (SSSR count). The first-order chi connectivity index (χ1) is 37.0. The highest BCUT2D eigenvalue weighted by Gasteiger charge is 2.14. The molecule has 0 aliphatic heterocycles. The van der Waals surface area contributed by atoms with Crippen LogP contribution in [0.2, 0.25) is 0 Å². The third-order valence-corrected chi connectivity index (χ3v) is 16.1. The second kappa shape index (κ2) is 63.6. The molecule has 8 nitrogen and oxygen atoms in total. The average Bonchev–Trinajstić information content (AvgIpc) is 3.41. The topological polar surface area (TPSA) is 96.9 Å². The van der Waals surface area contributed by atoms with E-state index < -0.39 is 6.10 Å². The highest BCUT2D eigenvalue weighted by Crippen LogP contribution is 2.16. The fourth-order valence-electron chi connectivity index (χ4n) is 11.0. The van der Waals surface area contributed by atoms with Crippen LogP contribution >= 0.6 is 0 Å². The maximum atomic E-state index is 13.0. The molecule has 4 N–H and O–H groups in total. The van der Waals surface area contributed by atoms with Crippen LogP contribution in [0.15, 0.2) is 0 Å². The minimum atomic E-state index is -0.451. The molecule has 8 heteroatoms. The molecule has 2 amide bonds. The largest absolute Gasteiger partial charge is 0.390 e. The fraction of sp³-hybridized carbons (Fsp3) is 0.970. The lowest BCUT2D eigenvalue weighted by molar-refractivity contribution is -0.122. The highest BCUT2D eigenvalue weighted by molar-refractivity contribution is 5.76. The van der Waals surface area contributed by atoms with Crippen molar-refractivity contribution >= 4 is 11.8 Å². The summed E-state index contributed by atoms with van der Waals surface area (Å²) in [6, 6.07) is 0. The van der Waals surface area contributed by atoms with Crippen LogP contribution in [0.25, 0.3) is 0 Å². The standard InChI is InChI=1S/C67H137N5O3/c1-5-9-13-17-21-25-29-32-36-40-43-47-55-69-66(74)53-57-68-63-65(73)64-72(60-50-46-42-38-34-31-27-23-19-15-11-7-3)61-52-51-59-71(58-49-45-41-37-33-30-26-22-18-14-10-6-2)62-54-67(75)70-56-48-44-39-35-28-24-20-16-12-8-4/h65,68,73H,5-64H2,1-4H3,(H,69,74)(H,70,75). The van der Waals surface area contributed by atoms with Crippen LogP contribution in [0.5, 0.6) is 0 Å². The summed E-state index contributed by atoms with van der Waals surface area (Å²) in [6.45, 7) is 17.6. The van der Waals surface area contributed by atoms with Gasteiger partial charge >= 0.3 is 0 Å². The van der Waals surface area contributed by atoms with E-state index in [2.05, 4.69) is 53.4 Å². The van der Waals surface area contributed by atoms with Crippen molar-refractivity contribution in [1.29, 1.82) is 0 Å². The second-order valence-corrected chi connectivity index (χ2v) is 23.8. The fourth-order valence-corrected chi connectivity index (χ4v) is 11.0. The average molecular weight is 1060 g/mol. The van der Waals surface area contributed by atoms with E-state index in [1.54, 1.807) is 0 Å². The van der Waals surface area contributed by atoms with Gasteiger partial charge in [0, 0.05) is 52.1 Å². The quantitative estimate of drug-likeness (QED) is 0.0453. The smallest absolute Gasteiger partial charge is 0.221 e. The zero-order valence-electron chi connectivity index (χ0n) is 51.7. The lowest BCUT2D eigenvalue weighted by Crippen LogP contribution is -2.40. The lowest BCUT2D eigenvalue weighted by Gasteiger charge is -2.26. The van der Waals surface area contributed by atoms with E-state index >= 15 is 0 Å². The summed E-state index contributed by atoms with van der Waals surface area (Å²) in [5.41, 5.74) is 0. The Morgan fingerprint density at radius 2 is 0.560 bits per heavy atom. The summed E-state index contributed by atoms with van der Waals surface area (Å²) < 4.78 is 0. The van der Waals surface area contributed by atoms with Gasteiger partial charge in [0.15, 0.2) is 0 Å². The predicted octanol–water partition coefficient (Wildman–Crippen LogP) is 18.4. The van der Waals surface area contributed by atoms with E-state index in [0.29, 0.717) is 32.5 Å². The molecule has 0 saturated heterocycles.